The summed E-state index contributed by atoms with van der Waals surface area (Å²) in [4.78, 5) is 21.8. The molecule has 1 saturated carbocycles. The summed E-state index contributed by atoms with van der Waals surface area (Å²) < 4.78 is 0. The van der Waals surface area contributed by atoms with Crippen LogP contribution in [0.25, 0.3) is 11.4 Å². The lowest BCUT2D eigenvalue weighted by Gasteiger charge is -2.19. The number of nitrogens with zero attached hydrogens (tertiary/aromatic N) is 4. The van der Waals surface area contributed by atoms with Crippen LogP contribution in [-0.2, 0) is 6.42 Å². The number of aryl methyl sites for hydroxylation is 1. The topological polar surface area (TPSA) is 72.2 Å². The highest BCUT2D eigenvalue weighted by Gasteiger charge is 2.23. The highest BCUT2D eigenvalue weighted by atomic mass is 16.6. The van der Waals surface area contributed by atoms with Crippen LogP contribution in [-0.4, -0.2) is 28.5 Å². The van der Waals surface area contributed by atoms with Crippen molar-refractivity contribution in [3.05, 3.63) is 46.1 Å². The van der Waals surface area contributed by atoms with Gasteiger partial charge in [-0.1, -0.05) is 6.92 Å². The molecule has 1 fully saturated rings. The van der Waals surface area contributed by atoms with E-state index in [1.54, 1.807) is 12.1 Å². The SMILES string of the molecule is CCc1cc(N(C)CC2CC2)nc(-c2ccc([N+](=O)[O-])cc2)n1. The van der Waals surface area contributed by atoms with E-state index in [4.69, 9.17) is 0 Å². The van der Waals surface area contributed by atoms with Crippen molar-refractivity contribution in [2.75, 3.05) is 18.5 Å². The van der Waals surface area contributed by atoms with Crippen molar-refractivity contribution < 1.29 is 4.92 Å². The van der Waals surface area contributed by atoms with Crippen molar-refractivity contribution in [2.45, 2.75) is 26.2 Å². The van der Waals surface area contributed by atoms with Crippen LogP contribution >= 0.6 is 0 Å². The lowest BCUT2D eigenvalue weighted by molar-refractivity contribution is -0.384. The van der Waals surface area contributed by atoms with Gasteiger partial charge in [-0.2, -0.15) is 0 Å². The molecule has 0 atom stereocenters. The Balaban J connectivity index is 1.92. The molecule has 0 radical (unpaired) electrons. The first-order chi connectivity index (χ1) is 11.1. The molecule has 0 saturated heterocycles. The molecule has 1 aromatic carbocycles. The van der Waals surface area contributed by atoms with E-state index in [9.17, 15) is 10.1 Å². The second kappa shape index (κ2) is 6.32. The number of hydrogen-bond donors (Lipinski definition) is 0. The van der Waals surface area contributed by atoms with Crippen molar-refractivity contribution in [1.82, 2.24) is 9.97 Å². The Bertz CT molecular complexity index is 711. The molecular weight excluding hydrogens is 292 g/mol. The van der Waals surface area contributed by atoms with Crippen LogP contribution in [0.1, 0.15) is 25.5 Å². The molecule has 1 heterocycles. The fourth-order valence-electron chi connectivity index (χ4n) is 2.50. The molecular formula is C17H20N4O2. The smallest absolute Gasteiger partial charge is 0.269 e. The zero-order valence-electron chi connectivity index (χ0n) is 13.4. The first-order valence-electron chi connectivity index (χ1n) is 7.90. The summed E-state index contributed by atoms with van der Waals surface area (Å²) >= 11 is 0. The molecule has 0 spiro atoms. The number of rotatable bonds is 6. The molecule has 0 amide bonds. The van der Waals surface area contributed by atoms with E-state index in [-0.39, 0.29) is 5.69 Å². The largest absolute Gasteiger partial charge is 0.359 e. The summed E-state index contributed by atoms with van der Waals surface area (Å²) in [7, 11) is 2.06. The molecule has 0 bridgehead atoms. The van der Waals surface area contributed by atoms with Crippen molar-refractivity contribution in [1.29, 1.82) is 0 Å². The quantitative estimate of drug-likeness (QED) is 0.603. The summed E-state index contributed by atoms with van der Waals surface area (Å²) in [5.74, 6) is 2.32. The number of nitro benzene ring substituents is 1. The molecule has 3 rings (SSSR count). The van der Waals surface area contributed by atoms with Gasteiger partial charge in [-0.25, -0.2) is 9.97 Å². The summed E-state index contributed by atoms with van der Waals surface area (Å²) in [6, 6.07) is 8.42. The average Bonchev–Trinajstić information content (AvgIpc) is 3.38. The van der Waals surface area contributed by atoms with Crippen LogP contribution in [0, 0.1) is 16.0 Å². The Morgan fingerprint density at radius 2 is 1.96 bits per heavy atom. The fraction of sp³-hybridized carbons (Fsp3) is 0.412. The van der Waals surface area contributed by atoms with Gasteiger partial charge < -0.3 is 4.90 Å². The summed E-state index contributed by atoms with van der Waals surface area (Å²) in [6.07, 6.45) is 3.42. The number of aromatic nitrogens is 2. The molecule has 2 aromatic rings. The van der Waals surface area contributed by atoms with E-state index in [1.807, 2.05) is 6.07 Å². The number of benzene rings is 1. The number of hydrogen-bond acceptors (Lipinski definition) is 5. The second-order valence-corrected chi connectivity index (χ2v) is 6.02. The minimum absolute atomic E-state index is 0.0754. The van der Waals surface area contributed by atoms with Crippen LogP contribution < -0.4 is 4.90 Å². The standard InChI is InChI=1S/C17H20N4O2/c1-3-14-10-16(20(2)11-12-4-5-12)19-17(18-14)13-6-8-15(9-7-13)21(22)23/h6-10,12H,3-5,11H2,1-2H3. The molecule has 6 nitrogen and oxygen atoms in total. The van der Waals surface area contributed by atoms with E-state index in [0.29, 0.717) is 5.82 Å². The minimum atomic E-state index is -0.401. The van der Waals surface area contributed by atoms with Crippen molar-refractivity contribution in [3.63, 3.8) is 0 Å². The summed E-state index contributed by atoms with van der Waals surface area (Å²) in [5, 5.41) is 10.8. The van der Waals surface area contributed by atoms with Gasteiger partial charge in [0.15, 0.2) is 5.82 Å². The van der Waals surface area contributed by atoms with Gasteiger partial charge in [0.1, 0.15) is 5.82 Å². The molecule has 1 aliphatic carbocycles. The zero-order valence-corrected chi connectivity index (χ0v) is 13.4. The highest BCUT2D eigenvalue weighted by Crippen LogP contribution is 2.31. The normalized spacial score (nSPS) is 13.8. The molecule has 0 aliphatic heterocycles. The maximum absolute atomic E-state index is 10.8. The van der Waals surface area contributed by atoms with Gasteiger partial charge in [-0.05, 0) is 37.3 Å². The van der Waals surface area contributed by atoms with E-state index in [1.165, 1.54) is 25.0 Å². The Morgan fingerprint density at radius 3 is 2.52 bits per heavy atom. The first-order valence-corrected chi connectivity index (χ1v) is 7.90. The third-order valence-electron chi connectivity index (χ3n) is 4.08. The van der Waals surface area contributed by atoms with Gasteiger partial charge in [-0.15, -0.1) is 0 Å². The second-order valence-electron chi connectivity index (χ2n) is 6.02. The van der Waals surface area contributed by atoms with Gasteiger partial charge in [0.05, 0.1) is 4.92 Å². The van der Waals surface area contributed by atoms with E-state index < -0.39 is 4.92 Å². The summed E-state index contributed by atoms with van der Waals surface area (Å²) in [5.41, 5.74) is 1.85. The lowest BCUT2D eigenvalue weighted by atomic mass is 10.2. The van der Waals surface area contributed by atoms with Crippen LogP contribution in [0.5, 0.6) is 0 Å². The third kappa shape index (κ3) is 3.64. The maximum Gasteiger partial charge on any atom is 0.269 e. The van der Waals surface area contributed by atoms with Crippen LogP contribution in [0.15, 0.2) is 30.3 Å². The van der Waals surface area contributed by atoms with Crippen molar-refractivity contribution >= 4 is 11.5 Å². The third-order valence-corrected chi connectivity index (χ3v) is 4.08. The minimum Gasteiger partial charge on any atom is -0.359 e. The Morgan fingerprint density at radius 1 is 1.26 bits per heavy atom. The fourth-order valence-corrected chi connectivity index (χ4v) is 2.50. The van der Waals surface area contributed by atoms with E-state index in [0.717, 1.165) is 36.0 Å². The predicted molar refractivity (Wildman–Crippen MR) is 89.5 cm³/mol. The lowest BCUT2D eigenvalue weighted by Crippen LogP contribution is -2.21. The first kappa shape index (κ1) is 15.4. The van der Waals surface area contributed by atoms with Gasteiger partial charge in [0, 0.05) is 43.0 Å². The van der Waals surface area contributed by atoms with E-state index in [2.05, 4.69) is 28.8 Å². The summed E-state index contributed by atoms with van der Waals surface area (Å²) in [6.45, 7) is 3.08. The van der Waals surface area contributed by atoms with Crippen LogP contribution in [0.3, 0.4) is 0 Å². The van der Waals surface area contributed by atoms with Gasteiger partial charge in [-0.3, -0.25) is 10.1 Å². The van der Waals surface area contributed by atoms with Crippen molar-refractivity contribution in [3.8, 4) is 11.4 Å². The monoisotopic (exact) mass is 312 g/mol. The Labute approximate surface area is 135 Å². The molecule has 6 heteroatoms. The average molecular weight is 312 g/mol. The molecule has 23 heavy (non-hydrogen) atoms. The zero-order chi connectivity index (χ0) is 16.4. The van der Waals surface area contributed by atoms with E-state index >= 15 is 0 Å². The molecule has 1 aromatic heterocycles. The molecule has 0 unspecified atom stereocenters. The molecule has 1 aliphatic rings. The van der Waals surface area contributed by atoms with Gasteiger partial charge >= 0.3 is 0 Å². The number of anilines is 1. The highest BCUT2D eigenvalue weighted by molar-refractivity contribution is 5.59. The predicted octanol–water partition coefficient (Wildman–Crippen LogP) is 3.46. The molecule has 120 valence electrons. The maximum atomic E-state index is 10.8. The Hall–Kier alpha value is -2.50. The molecule has 0 N–H and O–H groups in total. The number of non-ortho nitro benzene ring substituents is 1. The van der Waals surface area contributed by atoms with Crippen LogP contribution in [0.4, 0.5) is 11.5 Å². The number of nitro groups is 1. The van der Waals surface area contributed by atoms with Crippen LogP contribution in [0.2, 0.25) is 0 Å². The van der Waals surface area contributed by atoms with Gasteiger partial charge in [0.2, 0.25) is 0 Å². The van der Waals surface area contributed by atoms with Gasteiger partial charge in [0.25, 0.3) is 5.69 Å². The Kier molecular flexibility index (Phi) is 4.23. The van der Waals surface area contributed by atoms with Crippen molar-refractivity contribution in [2.24, 2.45) is 5.92 Å².